The average Bonchev–Trinajstić information content (AvgIpc) is 2.62. The highest BCUT2D eigenvalue weighted by atomic mass is 14.9. The van der Waals surface area contributed by atoms with E-state index in [1.807, 2.05) is 0 Å². The Morgan fingerprint density at radius 3 is 2.94 bits per heavy atom. The first-order valence-corrected chi connectivity index (χ1v) is 5.75. The van der Waals surface area contributed by atoms with Crippen LogP contribution < -0.4 is 5.73 Å². The topological polar surface area (TPSA) is 54.7 Å². The Labute approximate surface area is 96.1 Å². The molecule has 0 unspecified atom stereocenters. The van der Waals surface area contributed by atoms with Gasteiger partial charge in [0.25, 0.3) is 0 Å². The molecule has 0 atom stereocenters. The van der Waals surface area contributed by atoms with Gasteiger partial charge in [0.1, 0.15) is 0 Å². The highest BCUT2D eigenvalue weighted by Gasteiger charge is 2.09. The van der Waals surface area contributed by atoms with Crippen molar-refractivity contribution in [1.29, 1.82) is 0 Å². The van der Waals surface area contributed by atoms with Crippen LogP contribution in [0.25, 0.3) is 11.0 Å². The van der Waals surface area contributed by atoms with E-state index in [1.54, 1.807) is 6.33 Å². The number of nitrogens with zero attached hydrogens (tertiary/aromatic N) is 1. The number of aromatic nitrogens is 2. The number of H-pyrrole nitrogens is 1. The van der Waals surface area contributed by atoms with Gasteiger partial charge in [0.2, 0.25) is 0 Å². The van der Waals surface area contributed by atoms with E-state index in [1.165, 1.54) is 5.56 Å². The van der Waals surface area contributed by atoms with Crippen molar-refractivity contribution in [2.24, 2.45) is 5.73 Å². The maximum Gasteiger partial charge on any atom is 0.0931 e. The van der Waals surface area contributed by atoms with E-state index >= 15 is 0 Å². The maximum atomic E-state index is 5.96. The number of fused-ring (bicyclic) bond motifs is 1. The summed E-state index contributed by atoms with van der Waals surface area (Å²) in [5.74, 6) is 0. The molecule has 0 aliphatic heterocycles. The van der Waals surface area contributed by atoms with Gasteiger partial charge in [-0.05, 0) is 50.8 Å². The normalized spacial score (nSPS) is 12.2. The van der Waals surface area contributed by atoms with E-state index < -0.39 is 0 Å². The van der Waals surface area contributed by atoms with Crippen LogP contribution in [0.15, 0.2) is 24.5 Å². The lowest BCUT2D eigenvalue weighted by Gasteiger charge is -2.17. The van der Waals surface area contributed by atoms with E-state index in [2.05, 4.69) is 42.0 Å². The third-order valence-electron chi connectivity index (χ3n) is 2.77. The average molecular weight is 217 g/mol. The molecule has 3 heteroatoms. The molecule has 3 nitrogen and oxygen atoms in total. The standard InChI is InChI=1S/C13H19N3/c1-13(2,14)7-3-4-10-5-6-11-12(8-10)16-9-15-11/h5-6,8-9H,3-4,7,14H2,1-2H3,(H,15,16). The first-order chi connectivity index (χ1) is 7.54. The van der Waals surface area contributed by atoms with Crippen LogP contribution in [0.1, 0.15) is 32.3 Å². The Hall–Kier alpha value is -1.35. The molecule has 1 aromatic carbocycles. The van der Waals surface area contributed by atoms with Gasteiger partial charge in [-0.15, -0.1) is 0 Å². The third-order valence-corrected chi connectivity index (χ3v) is 2.77. The zero-order chi connectivity index (χ0) is 11.6. The zero-order valence-electron chi connectivity index (χ0n) is 9.96. The van der Waals surface area contributed by atoms with Gasteiger partial charge < -0.3 is 10.7 Å². The molecule has 0 amide bonds. The van der Waals surface area contributed by atoms with Crippen molar-refractivity contribution < 1.29 is 0 Å². The summed E-state index contributed by atoms with van der Waals surface area (Å²) in [7, 11) is 0. The molecule has 0 spiro atoms. The highest BCUT2D eigenvalue weighted by molar-refractivity contribution is 5.74. The van der Waals surface area contributed by atoms with Crippen molar-refractivity contribution >= 4 is 11.0 Å². The Morgan fingerprint density at radius 1 is 1.38 bits per heavy atom. The van der Waals surface area contributed by atoms with Crippen LogP contribution in [-0.4, -0.2) is 15.5 Å². The fraction of sp³-hybridized carbons (Fsp3) is 0.462. The summed E-state index contributed by atoms with van der Waals surface area (Å²) in [6.45, 7) is 4.15. The first-order valence-electron chi connectivity index (χ1n) is 5.75. The second-order valence-electron chi connectivity index (χ2n) is 5.10. The molecule has 0 saturated heterocycles. The molecule has 0 aliphatic carbocycles. The van der Waals surface area contributed by atoms with Gasteiger partial charge in [-0.2, -0.15) is 0 Å². The molecule has 86 valence electrons. The van der Waals surface area contributed by atoms with Crippen molar-refractivity contribution in [3.05, 3.63) is 30.1 Å². The van der Waals surface area contributed by atoms with E-state index in [4.69, 9.17) is 5.73 Å². The van der Waals surface area contributed by atoms with Crippen molar-refractivity contribution in [3.8, 4) is 0 Å². The van der Waals surface area contributed by atoms with Gasteiger partial charge >= 0.3 is 0 Å². The lowest BCUT2D eigenvalue weighted by molar-refractivity contribution is 0.459. The van der Waals surface area contributed by atoms with Gasteiger partial charge in [0.05, 0.1) is 17.4 Å². The molecule has 0 aliphatic rings. The zero-order valence-corrected chi connectivity index (χ0v) is 9.96. The number of imidazole rings is 1. The fourth-order valence-electron chi connectivity index (χ4n) is 1.89. The summed E-state index contributed by atoms with van der Waals surface area (Å²) in [6.07, 6.45) is 4.99. The molecule has 0 radical (unpaired) electrons. The Balaban J connectivity index is 1.99. The van der Waals surface area contributed by atoms with E-state index in [0.717, 1.165) is 30.3 Å². The lowest BCUT2D eigenvalue weighted by atomic mass is 9.97. The second-order valence-corrected chi connectivity index (χ2v) is 5.10. The van der Waals surface area contributed by atoms with Crippen molar-refractivity contribution in [2.45, 2.75) is 38.6 Å². The fourth-order valence-corrected chi connectivity index (χ4v) is 1.89. The SMILES string of the molecule is CC(C)(N)CCCc1ccc2nc[nH]c2c1. The van der Waals surface area contributed by atoms with E-state index in [-0.39, 0.29) is 5.54 Å². The molecule has 2 aromatic rings. The summed E-state index contributed by atoms with van der Waals surface area (Å²) >= 11 is 0. The van der Waals surface area contributed by atoms with Crippen LogP contribution in [0, 0.1) is 0 Å². The minimum atomic E-state index is -0.0575. The highest BCUT2D eigenvalue weighted by Crippen LogP contribution is 2.15. The number of aromatic amines is 1. The van der Waals surface area contributed by atoms with Gasteiger partial charge in [0.15, 0.2) is 0 Å². The molecule has 0 fully saturated rings. The van der Waals surface area contributed by atoms with Crippen molar-refractivity contribution in [3.63, 3.8) is 0 Å². The number of nitrogens with two attached hydrogens (primary N) is 1. The van der Waals surface area contributed by atoms with Crippen molar-refractivity contribution in [1.82, 2.24) is 9.97 Å². The molecule has 0 bridgehead atoms. The third kappa shape index (κ3) is 2.83. The molecule has 3 N–H and O–H groups in total. The molecule has 1 aromatic heterocycles. The summed E-state index contributed by atoms with van der Waals surface area (Å²) in [5.41, 5.74) is 9.39. The van der Waals surface area contributed by atoms with Crippen LogP contribution >= 0.6 is 0 Å². The Morgan fingerprint density at radius 2 is 2.19 bits per heavy atom. The molecule has 1 heterocycles. The number of benzene rings is 1. The van der Waals surface area contributed by atoms with E-state index in [9.17, 15) is 0 Å². The molecular formula is C13H19N3. The maximum absolute atomic E-state index is 5.96. The number of rotatable bonds is 4. The Bertz CT molecular complexity index is 465. The minimum absolute atomic E-state index is 0.0575. The number of aryl methyl sites for hydroxylation is 1. The van der Waals surface area contributed by atoms with Crippen LogP contribution in [0.5, 0.6) is 0 Å². The van der Waals surface area contributed by atoms with Gasteiger partial charge in [-0.25, -0.2) is 4.98 Å². The van der Waals surface area contributed by atoms with Gasteiger partial charge in [-0.1, -0.05) is 6.07 Å². The number of nitrogens with one attached hydrogen (secondary N) is 1. The lowest BCUT2D eigenvalue weighted by Crippen LogP contribution is -2.31. The van der Waals surface area contributed by atoms with Gasteiger partial charge in [-0.3, -0.25) is 0 Å². The molecule has 2 rings (SSSR count). The van der Waals surface area contributed by atoms with Crippen LogP contribution in [0.4, 0.5) is 0 Å². The first kappa shape index (κ1) is 11.1. The van der Waals surface area contributed by atoms with E-state index in [0.29, 0.717) is 0 Å². The van der Waals surface area contributed by atoms with Crippen molar-refractivity contribution in [2.75, 3.05) is 0 Å². The van der Waals surface area contributed by atoms with Crippen LogP contribution in [0.2, 0.25) is 0 Å². The quantitative estimate of drug-likeness (QED) is 0.827. The number of hydrogen-bond acceptors (Lipinski definition) is 2. The minimum Gasteiger partial charge on any atom is -0.345 e. The number of hydrogen-bond donors (Lipinski definition) is 2. The molecule has 0 saturated carbocycles. The predicted molar refractivity (Wildman–Crippen MR) is 67.3 cm³/mol. The molecule has 16 heavy (non-hydrogen) atoms. The molecular weight excluding hydrogens is 198 g/mol. The predicted octanol–water partition coefficient (Wildman–Crippen LogP) is 2.62. The Kier molecular flexibility index (Phi) is 2.97. The van der Waals surface area contributed by atoms with Crippen LogP contribution in [0.3, 0.4) is 0 Å². The smallest absolute Gasteiger partial charge is 0.0931 e. The second kappa shape index (κ2) is 4.26. The van der Waals surface area contributed by atoms with Crippen LogP contribution in [-0.2, 0) is 6.42 Å². The monoisotopic (exact) mass is 217 g/mol. The summed E-state index contributed by atoms with van der Waals surface area (Å²) in [4.78, 5) is 7.33. The largest absolute Gasteiger partial charge is 0.345 e. The van der Waals surface area contributed by atoms with Gasteiger partial charge in [0, 0.05) is 5.54 Å². The summed E-state index contributed by atoms with van der Waals surface area (Å²) < 4.78 is 0. The summed E-state index contributed by atoms with van der Waals surface area (Å²) in [6, 6.07) is 6.38. The summed E-state index contributed by atoms with van der Waals surface area (Å²) in [5, 5.41) is 0.